The third-order valence-corrected chi connectivity index (χ3v) is 5.10. The molecule has 140 valence electrons. The lowest BCUT2D eigenvalue weighted by atomic mass is 10.1. The van der Waals surface area contributed by atoms with Crippen LogP contribution in [0, 0.1) is 0 Å². The summed E-state index contributed by atoms with van der Waals surface area (Å²) < 4.78 is 2.08. The fraction of sp³-hybridized carbons (Fsp3) is 0.529. The zero-order chi connectivity index (χ0) is 16.2. The number of fused-ring (bicyclic) bond motifs is 1. The van der Waals surface area contributed by atoms with Gasteiger partial charge in [-0.25, -0.2) is 4.98 Å². The Balaban J connectivity index is 0.00000156. The van der Waals surface area contributed by atoms with Crippen molar-refractivity contribution in [3.63, 3.8) is 0 Å². The van der Waals surface area contributed by atoms with Crippen LogP contribution >= 0.6 is 36.6 Å². The summed E-state index contributed by atoms with van der Waals surface area (Å²) in [6.45, 7) is 2.36. The van der Waals surface area contributed by atoms with E-state index in [2.05, 4.69) is 21.1 Å². The maximum Gasteiger partial charge on any atom is 0.242 e. The number of halogens is 2. The summed E-state index contributed by atoms with van der Waals surface area (Å²) in [5, 5.41) is 3.35. The van der Waals surface area contributed by atoms with Crippen LogP contribution in [0.2, 0.25) is 0 Å². The largest absolute Gasteiger partial charge is 0.341 e. The van der Waals surface area contributed by atoms with Gasteiger partial charge in [-0.2, -0.15) is 11.8 Å². The van der Waals surface area contributed by atoms with Crippen LogP contribution in [-0.4, -0.2) is 52.8 Å². The number of piperidine rings is 1. The van der Waals surface area contributed by atoms with Crippen molar-refractivity contribution in [1.82, 2.24) is 19.8 Å². The third kappa shape index (κ3) is 5.03. The van der Waals surface area contributed by atoms with Gasteiger partial charge in [-0.05, 0) is 44.3 Å². The highest BCUT2D eigenvalue weighted by Crippen LogP contribution is 2.20. The number of aromatic nitrogens is 2. The second-order valence-corrected chi connectivity index (χ2v) is 6.89. The van der Waals surface area contributed by atoms with Gasteiger partial charge in [0.1, 0.15) is 12.4 Å². The molecule has 1 aromatic carbocycles. The number of hydrogen-bond donors (Lipinski definition) is 1. The van der Waals surface area contributed by atoms with E-state index in [4.69, 9.17) is 0 Å². The standard InChI is InChI=1S/C17H24N4OS.2ClH/c1-20(13-7-9-18-10-8-13)17(22)11-21-15-6-4-3-5-14(15)19-16(21)12-23-2;;/h3-6,13,18H,7-12H2,1-2H3;2*1H. The maximum absolute atomic E-state index is 12.8. The molecule has 0 spiro atoms. The average molecular weight is 405 g/mol. The van der Waals surface area contributed by atoms with E-state index in [0.717, 1.165) is 48.5 Å². The molecular weight excluding hydrogens is 379 g/mol. The molecule has 0 aliphatic carbocycles. The van der Waals surface area contributed by atoms with Gasteiger partial charge in [0.2, 0.25) is 5.91 Å². The summed E-state index contributed by atoms with van der Waals surface area (Å²) in [6, 6.07) is 8.40. The monoisotopic (exact) mass is 404 g/mol. The van der Waals surface area contributed by atoms with E-state index in [0.29, 0.717) is 12.6 Å². The molecule has 1 aliphatic heterocycles. The summed E-state index contributed by atoms with van der Waals surface area (Å²) in [5.74, 6) is 1.96. The minimum atomic E-state index is 0. The number of imidazole rings is 1. The number of carbonyl (C=O) groups excluding carboxylic acids is 1. The first-order chi connectivity index (χ1) is 11.2. The van der Waals surface area contributed by atoms with Gasteiger partial charge >= 0.3 is 0 Å². The molecule has 0 bridgehead atoms. The van der Waals surface area contributed by atoms with Crippen molar-refractivity contribution in [2.24, 2.45) is 0 Å². The van der Waals surface area contributed by atoms with Crippen LogP contribution in [0.4, 0.5) is 0 Å². The molecular formula is C17H26Cl2N4OS. The summed E-state index contributed by atoms with van der Waals surface area (Å²) >= 11 is 1.73. The molecule has 0 saturated carbocycles. The van der Waals surface area contributed by atoms with Crippen LogP contribution in [0.5, 0.6) is 0 Å². The molecule has 1 amide bonds. The van der Waals surface area contributed by atoms with E-state index >= 15 is 0 Å². The molecule has 25 heavy (non-hydrogen) atoms. The molecule has 1 saturated heterocycles. The fourth-order valence-electron chi connectivity index (χ4n) is 3.19. The summed E-state index contributed by atoms with van der Waals surface area (Å²) in [6.07, 6.45) is 4.13. The highest BCUT2D eigenvalue weighted by Gasteiger charge is 2.23. The highest BCUT2D eigenvalue weighted by atomic mass is 35.5. The van der Waals surface area contributed by atoms with Gasteiger partial charge in [0, 0.05) is 13.1 Å². The van der Waals surface area contributed by atoms with Gasteiger partial charge in [0.05, 0.1) is 16.8 Å². The Kier molecular flexibility index (Phi) is 9.07. The Morgan fingerprint density at radius 2 is 2.00 bits per heavy atom. The van der Waals surface area contributed by atoms with Gasteiger partial charge in [-0.15, -0.1) is 24.8 Å². The number of amides is 1. The van der Waals surface area contributed by atoms with Crippen LogP contribution in [-0.2, 0) is 17.1 Å². The van der Waals surface area contributed by atoms with Crippen LogP contribution < -0.4 is 5.32 Å². The molecule has 1 N–H and O–H groups in total. The molecule has 0 unspecified atom stereocenters. The Bertz CT molecular complexity index is 688. The van der Waals surface area contributed by atoms with Gasteiger partial charge in [-0.1, -0.05) is 12.1 Å². The van der Waals surface area contributed by atoms with Crippen molar-refractivity contribution in [3.05, 3.63) is 30.1 Å². The number of thioether (sulfide) groups is 1. The minimum absolute atomic E-state index is 0. The van der Waals surface area contributed by atoms with E-state index in [1.165, 1.54) is 0 Å². The third-order valence-electron chi connectivity index (χ3n) is 4.55. The van der Waals surface area contributed by atoms with Crippen molar-refractivity contribution >= 4 is 53.5 Å². The number of nitrogens with zero attached hydrogens (tertiary/aromatic N) is 3. The first-order valence-electron chi connectivity index (χ1n) is 8.10. The fourth-order valence-corrected chi connectivity index (χ4v) is 3.66. The molecule has 0 radical (unpaired) electrons. The lowest BCUT2D eigenvalue weighted by Gasteiger charge is -2.32. The Morgan fingerprint density at radius 1 is 1.32 bits per heavy atom. The van der Waals surface area contributed by atoms with Crippen LogP contribution in [0.3, 0.4) is 0 Å². The van der Waals surface area contributed by atoms with E-state index in [9.17, 15) is 4.79 Å². The second kappa shape index (κ2) is 10.3. The molecule has 2 heterocycles. The van der Waals surface area contributed by atoms with Crippen molar-refractivity contribution in [2.75, 3.05) is 26.4 Å². The number of para-hydroxylation sites is 2. The number of hydrogen-bond acceptors (Lipinski definition) is 4. The molecule has 1 aliphatic rings. The average Bonchev–Trinajstić information content (AvgIpc) is 2.93. The van der Waals surface area contributed by atoms with Crippen molar-refractivity contribution < 1.29 is 4.79 Å². The van der Waals surface area contributed by atoms with Crippen molar-refractivity contribution in [3.8, 4) is 0 Å². The molecule has 0 atom stereocenters. The van der Waals surface area contributed by atoms with Gasteiger partial charge in [0.15, 0.2) is 0 Å². The predicted molar refractivity (Wildman–Crippen MR) is 110 cm³/mol. The number of rotatable bonds is 5. The predicted octanol–water partition coefficient (Wildman–Crippen LogP) is 2.95. The first-order valence-corrected chi connectivity index (χ1v) is 9.49. The van der Waals surface area contributed by atoms with Crippen LogP contribution in [0.1, 0.15) is 18.7 Å². The van der Waals surface area contributed by atoms with E-state index in [1.54, 1.807) is 11.8 Å². The molecule has 2 aromatic rings. The molecule has 3 rings (SSSR count). The molecule has 1 fully saturated rings. The lowest BCUT2D eigenvalue weighted by molar-refractivity contribution is -0.133. The second-order valence-electron chi connectivity index (χ2n) is 6.02. The number of carbonyl (C=O) groups is 1. The normalized spacial score (nSPS) is 14.6. The number of nitrogens with one attached hydrogen (secondary N) is 1. The van der Waals surface area contributed by atoms with Gasteiger partial charge in [-0.3, -0.25) is 4.79 Å². The Labute approximate surface area is 165 Å². The SMILES string of the molecule is CSCc1nc2ccccc2n1CC(=O)N(C)C1CCNCC1.Cl.Cl. The Hall–Kier alpha value is -0.950. The number of likely N-dealkylation sites (N-methyl/N-ethyl adjacent to an activating group) is 1. The summed E-state index contributed by atoms with van der Waals surface area (Å²) in [7, 11) is 1.94. The van der Waals surface area contributed by atoms with Crippen LogP contribution in [0.25, 0.3) is 11.0 Å². The van der Waals surface area contributed by atoms with Gasteiger partial charge < -0.3 is 14.8 Å². The highest BCUT2D eigenvalue weighted by molar-refractivity contribution is 7.97. The van der Waals surface area contributed by atoms with E-state index < -0.39 is 0 Å². The summed E-state index contributed by atoms with van der Waals surface area (Å²) in [4.78, 5) is 19.4. The molecule has 8 heteroatoms. The first kappa shape index (κ1) is 22.1. The van der Waals surface area contributed by atoms with Crippen molar-refractivity contribution in [1.29, 1.82) is 0 Å². The maximum atomic E-state index is 12.8. The zero-order valence-corrected chi connectivity index (χ0v) is 17.1. The smallest absolute Gasteiger partial charge is 0.242 e. The summed E-state index contributed by atoms with van der Waals surface area (Å²) in [5.41, 5.74) is 2.01. The van der Waals surface area contributed by atoms with Gasteiger partial charge in [0.25, 0.3) is 0 Å². The van der Waals surface area contributed by atoms with E-state index in [1.807, 2.05) is 36.2 Å². The van der Waals surface area contributed by atoms with Crippen molar-refractivity contribution in [2.45, 2.75) is 31.2 Å². The quantitative estimate of drug-likeness (QED) is 0.831. The molecule has 1 aromatic heterocycles. The minimum Gasteiger partial charge on any atom is -0.341 e. The Morgan fingerprint density at radius 3 is 2.68 bits per heavy atom. The molecule has 5 nitrogen and oxygen atoms in total. The number of benzene rings is 1. The lowest BCUT2D eigenvalue weighted by Crippen LogP contribution is -2.45. The van der Waals surface area contributed by atoms with Crippen LogP contribution in [0.15, 0.2) is 24.3 Å². The van der Waals surface area contributed by atoms with E-state index in [-0.39, 0.29) is 30.7 Å². The topological polar surface area (TPSA) is 50.2 Å². The zero-order valence-electron chi connectivity index (χ0n) is 14.6.